The molecule has 3 rings (SSSR count). The maximum atomic E-state index is 5.88. The average Bonchev–Trinajstić information content (AvgIpc) is 2.35. The second-order valence-corrected chi connectivity index (χ2v) is 5.60. The second-order valence-electron chi connectivity index (χ2n) is 5.21. The molecule has 1 N–H and O–H groups in total. The summed E-state index contributed by atoms with van der Waals surface area (Å²) in [5.41, 5.74) is 2.88. The Morgan fingerprint density at radius 1 is 1.11 bits per heavy atom. The first-order valence-corrected chi connectivity index (χ1v) is 7.05. The van der Waals surface area contributed by atoms with E-state index in [0.29, 0.717) is 17.1 Å². The molecule has 0 spiro atoms. The smallest absolute Gasteiger partial charge is 0.131 e. The minimum Gasteiger partial charge on any atom is -0.367 e. The second kappa shape index (κ2) is 5.22. The van der Waals surface area contributed by atoms with E-state index in [1.165, 1.54) is 24.0 Å². The number of pyridine rings is 1. The first-order valence-electron chi connectivity index (χ1n) is 6.67. The Balaban J connectivity index is 1.60. The number of nitrogens with one attached hydrogen (secondary N) is 1. The van der Waals surface area contributed by atoms with Crippen LogP contribution in [0, 0.1) is 6.92 Å². The quantitative estimate of drug-likeness (QED) is 0.838. The van der Waals surface area contributed by atoms with E-state index >= 15 is 0 Å². The average molecular weight is 273 g/mol. The highest BCUT2D eigenvalue weighted by Gasteiger charge is 2.31. The Kier molecular flexibility index (Phi) is 3.43. The van der Waals surface area contributed by atoms with Gasteiger partial charge >= 0.3 is 0 Å². The number of nitrogens with zero attached hydrogens (tertiary/aromatic N) is 1. The number of anilines is 1. The van der Waals surface area contributed by atoms with Gasteiger partial charge in [0.2, 0.25) is 0 Å². The van der Waals surface area contributed by atoms with Crippen LogP contribution in [0.5, 0.6) is 0 Å². The maximum Gasteiger partial charge on any atom is 0.131 e. The summed E-state index contributed by atoms with van der Waals surface area (Å²) in [5.74, 6) is 1.55. The summed E-state index contributed by atoms with van der Waals surface area (Å²) in [7, 11) is 0. The normalized spacial score (nSPS) is 21.8. The number of rotatable bonds is 3. The summed E-state index contributed by atoms with van der Waals surface area (Å²) in [6.07, 6.45) is 2.33. The molecule has 0 radical (unpaired) electrons. The molecule has 0 atom stereocenters. The van der Waals surface area contributed by atoms with Crippen molar-refractivity contribution in [1.82, 2.24) is 4.98 Å². The Morgan fingerprint density at radius 2 is 1.89 bits per heavy atom. The first kappa shape index (κ1) is 12.5. The van der Waals surface area contributed by atoms with Crippen LogP contribution in [-0.2, 0) is 0 Å². The largest absolute Gasteiger partial charge is 0.367 e. The number of hydrogen-bond donors (Lipinski definition) is 1. The molecule has 0 bridgehead atoms. The van der Waals surface area contributed by atoms with Gasteiger partial charge in [-0.25, -0.2) is 4.98 Å². The molecule has 1 aliphatic rings. The molecular formula is C16H17ClN2. The van der Waals surface area contributed by atoms with Crippen molar-refractivity contribution >= 4 is 17.4 Å². The zero-order valence-corrected chi connectivity index (χ0v) is 11.7. The van der Waals surface area contributed by atoms with E-state index in [4.69, 9.17) is 11.6 Å². The lowest BCUT2D eigenvalue weighted by molar-refractivity contribution is 0.372. The number of aryl methyl sites for hydroxylation is 1. The summed E-state index contributed by atoms with van der Waals surface area (Å²) < 4.78 is 0. The molecule has 1 heterocycles. The lowest BCUT2D eigenvalue weighted by Gasteiger charge is -2.37. The summed E-state index contributed by atoms with van der Waals surface area (Å²) in [6, 6.07) is 14.9. The highest BCUT2D eigenvalue weighted by atomic mass is 35.5. The minimum absolute atomic E-state index is 0.510. The van der Waals surface area contributed by atoms with Crippen molar-refractivity contribution in [2.45, 2.75) is 31.7 Å². The molecule has 3 heteroatoms. The number of hydrogen-bond acceptors (Lipinski definition) is 2. The monoisotopic (exact) mass is 272 g/mol. The molecule has 0 aliphatic heterocycles. The molecule has 19 heavy (non-hydrogen) atoms. The number of benzene rings is 1. The highest BCUT2D eigenvalue weighted by molar-refractivity contribution is 6.29. The van der Waals surface area contributed by atoms with E-state index in [2.05, 4.69) is 41.5 Å². The summed E-state index contributed by atoms with van der Waals surface area (Å²) in [4.78, 5) is 4.26. The van der Waals surface area contributed by atoms with Gasteiger partial charge in [-0.05, 0) is 48.9 Å². The van der Waals surface area contributed by atoms with E-state index in [-0.39, 0.29) is 0 Å². The Labute approximate surface area is 118 Å². The fourth-order valence-electron chi connectivity index (χ4n) is 2.73. The topological polar surface area (TPSA) is 24.9 Å². The standard InChI is InChI=1S/C16H17ClN2/c1-11-5-2-3-6-14(11)12-9-13(10-12)18-16-8-4-7-15(17)19-16/h2-8,12-13H,9-10H2,1H3,(H,18,19). The van der Waals surface area contributed by atoms with Crippen LogP contribution in [0.3, 0.4) is 0 Å². The van der Waals surface area contributed by atoms with Gasteiger partial charge < -0.3 is 5.32 Å². The van der Waals surface area contributed by atoms with Crippen molar-refractivity contribution in [2.75, 3.05) is 5.32 Å². The fourth-order valence-corrected chi connectivity index (χ4v) is 2.90. The Hall–Kier alpha value is -1.54. The third-order valence-electron chi connectivity index (χ3n) is 3.83. The Morgan fingerprint density at radius 3 is 2.63 bits per heavy atom. The van der Waals surface area contributed by atoms with E-state index in [0.717, 1.165) is 5.82 Å². The van der Waals surface area contributed by atoms with Crippen LogP contribution in [0.2, 0.25) is 5.15 Å². The zero-order valence-electron chi connectivity index (χ0n) is 10.9. The van der Waals surface area contributed by atoms with Crippen molar-refractivity contribution in [3.05, 3.63) is 58.7 Å². The SMILES string of the molecule is Cc1ccccc1C1CC(Nc2cccc(Cl)n2)C1. The van der Waals surface area contributed by atoms with Crippen molar-refractivity contribution in [3.8, 4) is 0 Å². The van der Waals surface area contributed by atoms with E-state index in [1.807, 2.05) is 12.1 Å². The number of halogens is 1. The highest BCUT2D eigenvalue weighted by Crippen LogP contribution is 2.39. The number of aromatic nitrogens is 1. The lowest BCUT2D eigenvalue weighted by atomic mass is 9.74. The van der Waals surface area contributed by atoms with Crippen molar-refractivity contribution < 1.29 is 0 Å². The zero-order chi connectivity index (χ0) is 13.2. The van der Waals surface area contributed by atoms with Crippen LogP contribution in [0.1, 0.15) is 29.9 Å². The van der Waals surface area contributed by atoms with Gasteiger partial charge in [0, 0.05) is 6.04 Å². The molecule has 1 saturated carbocycles. The maximum absolute atomic E-state index is 5.88. The van der Waals surface area contributed by atoms with Crippen LogP contribution in [0.4, 0.5) is 5.82 Å². The molecule has 0 unspecified atom stereocenters. The van der Waals surface area contributed by atoms with Gasteiger partial charge in [-0.3, -0.25) is 0 Å². The molecule has 2 nitrogen and oxygen atoms in total. The molecule has 1 aliphatic carbocycles. The van der Waals surface area contributed by atoms with Crippen LogP contribution in [0.25, 0.3) is 0 Å². The molecule has 2 aromatic rings. The molecule has 1 fully saturated rings. The van der Waals surface area contributed by atoms with Crippen molar-refractivity contribution in [2.24, 2.45) is 0 Å². The van der Waals surface area contributed by atoms with E-state index < -0.39 is 0 Å². The van der Waals surface area contributed by atoms with Gasteiger partial charge in [-0.2, -0.15) is 0 Å². The summed E-state index contributed by atoms with van der Waals surface area (Å²) in [5, 5.41) is 3.98. The van der Waals surface area contributed by atoms with Gasteiger partial charge in [0.25, 0.3) is 0 Å². The molecular weight excluding hydrogens is 256 g/mol. The Bertz CT molecular complexity index is 576. The molecule has 98 valence electrons. The van der Waals surface area contributed by atoms with Crippen LogP contribution < -0.4 is 5.32 Å². The molecule has 0 saturated heterocycles. The van der Waals surface area contributed by atoms with E-state index in [1.54, 1.807) is 6.07 Å². The summed E-state index contributed by atoms with van der Waals surface area (Å²) in [6.45, 7) is 2.19. The predicted octanol–water partition coefficient (Wildman–Crippen LogP) is 4.40. The van der Waals surface area contributed by atoms with Gasteiger partial charge in [-0.15, -0.1) is 0 Å². The third-order valence-corrected chi connectivity index (χ3v) is 4.04. The predicted molar refractivity (Wildman–Crippen MR) is 79.8 cm³/mol. The van der Waals surface area contributed by atoms with Gasteiger partial charge in [-0.1, -0.05) is 41.9 Å². The van der Waals surface area contributed by atoms with Crippen LogP contribution in [0.15, 0.2) is 42.5 Å². The minimum atomic E-state index is 0.510. The summed E-state index contributed by atoms with van der Waals surface area (Å²) >= 11 is 5.88. The molecule has 1 aromatic carbocycles. The van der Waals surface area contributed by atoms with Gasteiger partial charge in [0.15, 0.2) is 0 Å². The van der Waals surface area contributed by atoms with Crippen LogP contribution in [-0.4, -0.2) is 11.0 Å². The van der Waals surface area contributed by atoms with Gasteiger partial charge in [0.05, 0.1) is 0 Å². The van der Waals surface area contributed by atoms with Gasteiger partial charge in [0.1, 0.15) is 11.0 Å². The fraction of sp³-hybridized carbons (Fsp3) is 0.312. The lowest BCUT2D eigenvalue weighted by Crippen LogP contribution is -2.34. The third kappa shape index (κ3) is 2.74. The first-order chi connectivity index (χ1) is 9.22. The molecule has 0 amide bonds. The van der Waals surface area contributed by atoms with E-state index in [9.17, 15) is 0 Å². The van der Waals surface area contributed by atoms with Crippen LogP contribution >= 0.6 is 11.6 Å². The van der Waals surface area contributed by atoms with Crippen molar-refractivity contribution in [3.63, 3.8) is 0 Å². The van der Waals surface area contributed by atoms with Crippen molar-refractivity contribution in [1.29, 1.82) is 0 Å². The molecule has 1 aromatic heterocycles.